The van der Waals surface area contributed by atoms with Crippen molar-refractivity contribution >= 4 is 38.8 Å². The van der Waals surface area contributed by atoms with E-state index in [2.05, 4.69) is 38.7 Å². The van der Waals surface area contributed by atoms with Gasteiger partial charge in [-0.2, -0.15) is 0 Å². The van der Waals surface area contributed by atoms with Crippen molar-refractivity contribution in [1.29, 1.82) is 0 Å². The molecule has 0 saturated carbocycles. The van der Waals surface area contributed by atoms with Gasteiger partial charge in [-0.3, -0.25) is 4.79 Å². The third-order valence-electron chi connectivity index (χ3n) is 7.60. The Balaban J connectivity index is 1.13. The van der Waals surface area contributed by atoms with Crippen molar-refractivity contribution in [2.75, 3.05) is 43.4 Å². The normalized spacial score (nSPS) is 24.3. The van der Waals surface area contributed by atoms with Crippen LogP contribution < -0.4 is 26.0 Å². The Morgan fingerprint density at radius 2 is 2.24 bits per heavy atom. The zero-order chi connectivity index (χ0) is 23.3. The van der Waals surface area contributed by atoms with Gasteiger partial charge in [-0.05, 0) is 62.9 Å². The SMILES string of the molecule is Cc1ccc2c(N)c(C(=O)N[C@H]3COc4cc(N5CC[C@]6(CCCNC6)C5)ccc4C3)sc2n1. The van der Waals surface area contributed by atoms with E-state index in [0.29, 0.717) is 22.6 Å². The quantitative estimate of drug-likeness (QED) is 0.535. The number of fused-ring (bicyclic) bond motifs is 2. The van der Waals surface area contributed by atoms with Crippen LogP contribution in [0.1, 0.15) is 40.2 Å². The van der Waals surface area contributed by atoms with E-state index in [1.165, 1.54) is 36.3 Å². The number of aryl methyl sites for hydroxylation is 1. The molecule has 4 N–H and O–H groups in total. The first kappa shape index (κ1) is 21.7. The van der Waals surface area contributed by atoms with Gasteiger partial charge in [0.05, 0.1) is 11.7 Å². The number of carbonyl (C=O) groups excluding carboxylic acids is 1. The summed E-state index contributed by atoms with van der Waals surface area (Å²) in [5.74, 6) is 0.780. The average Bonchev–Trinajstić information content (AvgIpc) is 3.40. The van der Waals surface area contributed by atoms with Crippen LogP contribution in [0.3, 0.4) is 0 Å². The minimum atomic E-state index is -0.157. The predicted octanol–water partition coefficient (Wildman–Crippen LogP) is 3.50. The zero-order valence-corrected chi connectivity index (χ0v) is 20.3. The molecule has 2 atom stereocenters. The summed E-state index contributed by atoms with van der Waals surface area (Å²) in [6.45, 7) is 6.89. The number of anilines is 2. The molecule has 3 aromatic rings. The molecule has 34 heavy (non-hydrogen) atoms. The van der Waals surface area contributed by atoms with Crippen molar-refractivity contribution in [2.24, 2.45) is 5.41 Å². The Bertz CT molecular complexity index is 1250. The van der Waals surface area contributed by atoms with E-state index >= 15 is 0 Å². The maximum atomic E-state index is 13.0. The summed E-state index contributed by atoms with van der Waals surface area (Å²) in [5.41, 5.74) is 10.5. The highest BCUT2D eigenvalue weighted by atomic mass is 32.1. The number of hydrogen-bond acceptors (Lipinski definition) is 7. The van der Waals surface area contributed by atoms with E-state index in [4.69, 9.17) is 10.5 Å². The van der Waals surface area contributed by atoms with Crippen LogP contribution in [0.4, 0.5) is 11.4 Å². The number of nitrogens with two attached hydrogens (primary N) is 1. The maximum Gasteiger partial charge on any atom is 0.263 e. The fraction of sp³-hybridized carbons (Fsp3) is 0.462. The molecule has 1 aromatic carbocycles. The van der Waals surface area contributed by atoms with Crippen LogP contribution >= 0.6 is 11.3 Å². The smallest absolute Gasteiger partial charge is 0.263 e. The Morgan fingerprint density at radius 1 is 1.32 bits per heavy atom. The van der Waals surface area contributed by atoms with Crippen molar-refractivity contribution in [1.82, 2.24) is 15.6 Å². The van der Waals surface area contributed by atoms with E-state index < -0.39 is 0 Å². The molecule has 8 heteroatoms. The first-order valence-corrected chi connectivity index (χ1v) is 13.0. The Hall–Kier alpha value is -2.84. The van der Waals surface area contributed by atoms with Gasteiger partial charge in [-0.25, -0.2) is 4.98 Å². The van der Waals surface area contributed by atoms with E-state index in [1.807, 2.05) is 19.1 Å². The minimum Gasteiger partial charge on any atom is -0.491 e. The number of piperidine rings is 1. The monoisotopic (exact) mass is 477 g/mol. The second kappa shape index (κ2) is 8.43. The molecule has 1 spiro atoms. The zero-order valence-electron chi connectivity index (χ0n) is 19.5. The number of pyridine rings is 1. The lowest BCUT2D eigenvalue weighted by atomic mass is 9.80. The van der Waals surface area contributed by atoms with Crippen LogP contribution in [-0.2, 0) is 6.42 Å². The molecule has 3 aliphatic rings. The van der Waals surface area contributed by atoms with Gasteiger partial charge >= 0.3 is 0 Å². The van der Waals surface area contributed by atoms with Gasteiger partial charge in [0.2, 0.25) is 0 Å². The first-order chi connectivity index (χ1) is 16.5. The number of aromatic nitrogens is 1. The van der Waals surface area contributed by atoms with Crippen molar-refractivity contribution in [3.8, 4) is 5.75 Å². The van der Waals surface area contributed by atoms with Crippen LogP contribution in [0.15, 0.2) is 30.3 Å². The summed E-state index contributed by atoms with van der Waals surface area (Å²) in [6.07, 6.45) is 4.59. The van der Waals surface area contributed by atoms with Crippen molar-refractivity contribution in [3.63, 3.8) is 0 Å². The van der Waals surface area contributed by atoms with Gasteiger partial charge in [0.25, 0.3) is 5.91 Å². The number of amides is 1. The van der Waals surface area contributed by atoms with Crippen LogP contribution in [0, 0.1) is 12.3 Å². The molecule has 2 saturated heterocycles. The summed E-state index contributed by atoms with van der Waals surface area (Å²) in [4.78, 5) is 21.3. The molecule has 5 heterocycles. The Kier molecular flexibility index (Phi) is 5.37. The number of ether oxygens (including phenoxy) is 1. The summed E-state index contributed by atoms with van der Waals surface area (Å²) in [5, 5.41) is 7.55. The second-order valence-corrected chi connectivity index (χ2v) is 11.1. The Morgan fingerprint density at radius 3 is 3.09 bits per heavy atom. The van der Waals surface area contributed by atoms with E-state index in [0.717, 1.165) is 59.8 Å². The Labute approximate surface area is 203 Å². The lowest BCUT2D eigenvalue weighted by Crippen LogP contribution is -2.42. The molecular formula is C26H31N5O2S. The molecule has 178 valence electrons. The molecule has 7 nitrogen and oxygen atoms in total. The lowest BCUT2D eigenvalue weighted by molar-refractivity contribution is 0.0920. The molecule has 3 aliphatic heterocycles. The highest BCUT2D eigenvalue weighted by Gasteiger charge is 2.39. The topological polar surface area (TPSA) is 92.5 Å². The number of rotatable bonds is 3. The number of carbonyl (C=O) groups is 1. The summed E-state index contributed by atoms with van der Waals surface area (Å²) >= 11 is 1.35. The molecule has 0 aliphatic carbocycles. The van der Waals surface area contributed by atoms with Crippen LogP contribution in [0.5, 0.6) is 5.75 Å². The number of nitrogens with one attached hydrogen (secondary N) is 2. The third kappa shape index (κ3) is 3.88. The summed E-state index contributed by atoms with van der Waals surface area (Å²) < 4.78 is 6.12. The van der Waals surface area contributed by atoms with Crippen LogP contribution in [-0.4, -0.2) is 49.7 Å². The molecule has 0 radical (unpaired) electrons. The second-order valence-electron chi connectivity index (χ2n) is 10.1. The molecule has 1 amide bonds. The van der Waals surface area contributed by atoms with E-state index in [-0.39, 0.29) is 11.9 Å². The number of benzene rings is 1. The largest absolute Gasteiger partial charge is 0.491 e. The number of nitrogen functional groups attached to an aromatic ring is 1. The summed E-state index contributed by atoms with van der Waals surface area (Å²) in [7, 11) is 0. The molecular weight excluding hydrogens is 446 g/mol. The van der Waals surface area contributed by atoms with Crippen LogP contribution in [0.2, 0.25) is 0 Å². The fourth-order valence-electron chi connectivity index (χ4n) is 5.69. The number of nitrogens with zero attached hydrogens (tertiary/aromatic N) is 2. The molecule has 2 fully saturated rings. The van der Waals surface area contributed by atoms with Gasteiger partial charge < -0.3 is 26.0 Å². The van der Waals surface area contributed by atoms with Gasteiger partial charge in [-0.1, -0.05) is 6.07 Å². The van der Waals surface area contributed by atoms with Crippen molar-refractivity contribution in [3.05, 3.63) is 46.5 Å². The van der Waals surface area contributed by atoms with E-state index in [1.54, 1.807) is 0 Å². The first-order valence-electron chi connectivity index (χ1n) is 12.2. The highest BCUT2D eigenvalue weighted by Crippen LogP contribution is 2.40. The standard InChI is InChI=1S/C26H31N5O2S/c1-16-3-6-20-22(27)23(34-25(20)29-16)24(32)30-18-11-17-4-5-19(12-21(17)33-13-18)31-10-8-26(15-31)7-2-9-28-14-26/h3-6,12,18,28H,2,7-11,13-15,27H2,1H3,(H,30,32)/t18-,26+/m1/s1. The van der Waals surface area contributed by atoms with E-state index in [9.17, 15) is 4.79 Å². The summed E-state index contributed by atoms with van der Waals surface area (Å²) in [6, 6.07) is 10.3. The fourth-order valence-corrected chi connectivity index (χ4v) is 6.74. The molecule has 0 unspecified atom stereocenters. The van der Waals surface area contributed by atoms with Crippen molar-refractivity contribution in [2.45, 2.75) is 38.6 Å². The van der Waals surface area contributed by atoms with Gasteiger partial charge in [0.1, 0.15) is 22.1 Å². The van der Waals surface area contributed by atoms with Gasteiger partial charge in [0, 0.05) is 47.9 Å². The van der Waals surface area contributed by atoms with Gasteiger partial charge in [-0.15, -0.1) is 11.3 Å². The molecule has 0 bridgehead atoms. The average molecular weight is 478 g/mol. The number of hydrogen-bond donors (Lipinski definition) is 3. The van der Waals surface area contributed by atoms with Gasteiger partial charge in [0.15, 0.2) is 0 Å². The maximum absolute atomic E-state index is 13.0. The van der Waals surface area contributed by atoms with Crippen LogP contribution in [0.25, 0.3) is 10.2 Å². The third-order valence-corrected chi connectivity index (χ3v) is 8.71. The minimum absolute atomic E-state index is 0.0893. The van der Waals surface area contributed by atoms with Crippen molar-refractivity contribution < 1.29 is 9.53 Å². The predicted molar refractivity (Wildman–Crippen MR) is 137 cm³/mol. The molecule has 6 rings (SSSR count). The highest BCUT2D eigenvalue weighted by molar-refractivity contribution is 7.21. The number of thiophene rings is 1. The molecule has 2 aromatic heterocycles. The lowest BCUT2D eigenvalue weighted by Gasteiger charge is -2.34.